The Balaban J connectivity index is 0.00000280. The van der Waals surface area contributed by atoms with Gasteiger partial charge in [-0.1, -0.05) is 101 Å². The summed E-state index contributed by atoms with van der Waals surface area (Å²) in [5.41, 5.74) is 9.61. The molecule has 0 saturated heterocycles. The molecule has 2 aromatic carbocycles. The first-order chi connectivity index (χ1) is 17.7. The number of hydrogen-bond donors (Lipinski definition) is 0. The van der Waals surface area contributed by atoms with Crippen LogP contribution in [0.3, 0.4) is 0 Å². The molecule has 0 spiro atoms. The summed E-state index contributed by atoms with van der Waals surface area (Å²) >= 11 is 15.7. The van der Waals surface area contributed by atoms with Crippen LogP contribution in [0.1, 0.15) is 100 Å². The molecule has 0 amide bonds. The van der Waals surface area contributed by atoms with Gasteiger partial charge in [0.05, 0.1) is 9.99 Å². The summed E-state index contributed by atoms with van der Waals surface area (Å²) in [6.45, 7) is 0. The second-order valence-corrected chi connectivity index (χ2v) is 15.9. The molecule has 0 bridgehead atoms. The van der Waals surface area contributed by atoms with E-state index in [2.05, 4.69) is 60.7 Å². The van der Waals surface area contributed by atoms with Crippen LogP contribution >= 0.6 is 31.1 Å². The monoisotopic (exact) mass is 638 g/mol. The standard InChI is InChI=1S/C33H39Cl2P.Ru/c34-30-21-12-22-33(35,36(26-16-6-2-7-17-26)27-18-8-3-9-19-27)32(30)31-28-20-11-10-15-25(28)23-29(31)24-13-4-1-5-14-24;/h1,4-5,10-11,13-15,20,23,26-27,30H,2-3,6-9,12,16-19,21-22H2;/q;+2. The molecule has 6 rings (SSSR count). The normalized spacial score (nSPS) is 29.1. The third-order valence-corrected chi connectivity index (χ3v) is 14.5. The molecule has 0 nitrogen and oxygen atoms in total. The quantitative estimate of drug-likeness (QED) is 0.178. The van der Waals surface area contributed by atoms with Gasteiger partial charge in [-0.3, -0.25) is 0 Å². The van der Waals surface area contributed by atoms with Crippen molar-refractivity contribution in [3.05, 3.63) is 76.9 Å². The number of rotatable bonds is 4. The molecule has 0 aromatic heterocycles. The Bertz CT molecular complexity index is 1110. The van der Waals surface area contributed by atoms with Crippen molar-refractivity contribution in [2.24, 2.45) is 0 Å². The molecule has 0 aliphatic heterocycles. The molecule has 37 heavy (non-hydrogen) atoms. The van der Waals surface area contributed by atoms with E-state index in [1.807, 2.05) is 0 Å². The van der Waals surface area contributed by atoms with Crippen LogP contribution < -0.4 is 0 Å². The first-order valence-electron chi connectivity index (χ1n) is 14.4. The fourth-order valence-corrected chi connectivity index (χ4v) is 13.9. The first-order valence-corrected chi connectivity index (χ1v) is 16.7. The fraction of sp³-hybridized carbons (Fsp3) is 0.515. The maximum Gasteiger partial charge on any atom is 2.00 e. The topological polar surface area (TPSA) is 0 Å². The molecule has 4 aliphatic carbocycles. The number of benzene rings is 2. The number of allylic oxidation sites excluding steroid dienone is 3. The van der Waals surface area contributed by atoms with Crippen LogP contribution in [-0.2, 0) is 19.5 Å². The predicted molar refractivity (Wildman–Crippen MR) is 160 cm³/mol. The van der Waals surface area contributed by atoms with Gasteiger partial charge in [0, 0.05) is 0 Å². The second kappa shape index (κ2) is 12.4. The van der Waals surface area contributed by atoms with Crippen LogP contribution in [0.4, 0.5) is 0 Å². The average molecular weight is 639 g/mol. The van der Waals surface area contributed by atoms with Crippen LogP contribution in [0.15, 0.2) is 60.2 Å². The van der Waals surface area contributed by atoms with Crippen molar-refractivity contribution >= 4 is 48.3 Å². The van der Waals surface area contributed by atoms with E-state index < -0.39 is 0 Å². The van der Waals surface area contributed by atoms with Gasteiger partial charge in [-0.2, -0.15) is 0 Å². The summed E-state index contributed by atoms with van der Waals surface area (Å²) in [5.74, 6) is 0. The zero-order valence-corrected chi connectivity index (χ0v) is 25.9. The summed E-state index contributed by atoms with van der Waals surface area (Å²) < 4.78 is -0.287. The van der Waals surface area contributed by atoms with Gasteiger partial charge in [-0.25, -0.2) is 0 Å². The first kappa shape index (κ1) is 28.1. The Labute approximate surface area is 248 Å². The van der Waals surface area contributed by atoms with E-state index in [1.165, 1.54) is 97.6 Å². The SMILES string of the molecule is ClC1CCCC(Cl)(P(C2CCCCC2)C2CCCCC2)C1=C1C(c2ccccc2)=Cc2ccccc21.[Ru+2]. The van der Waals surface area contributed by atoms with Gasteiger partial charge in [0.1, 0.15) is 0 Å². The zero-order chi connectivity index (χ0) is 24.5. The molecule has 196 valence electrons. The molecule has 3 saturated carbocycles. The summed E-state index contributed by atoms with van der Waals surface area (Å²) in [4.78, 5) is 0. The molecule has 0 radical (unpaired) electrons. The third-order valence-electron chi connectivity index (χ3n) is 9.19. The van der Waals surface area contributed by atoms with E-state index in [0.717, 1.165) is 30.6 Å². The molecule has 0 heterocycles. The van der Waals surface area contributed by atoms with E-state index in [4.69, 9.17) is 23.2 Å². The van der Waals surface area contributed by atoms with Gasteiger partial charge < -0.3 is 0 Å². The van der Waals surface area contributed by atoms with Crippen LogP contribution in [0.2, 0.25) is 0 Å². The second-order valence-electron chi connectivity index (χ2n) is 11.4. The number of halogens is 2. The molecule has 4 heteroatoms. The van der Waals surface area contributed by atoms with Crippen molar-refractivity contribution in [1.29, 1.82) is 0 Å². The van der Waals surface area contributed by atoms with Gasteiger partial charge in [0.15, 0.2) is 0 Å². The summed E-state index contributed by atoms with van der Waals surface area (Å²) in [6.07, 6.45) is 19.5. The number of hydrogen-bond acceptors (Lipinski definition) is 0. The van der Waals surface area contributed by atoms with Gasteiger partial charge in [0.25, 0.3) is 0 Å². The fourth-order valence-electron chi connectivity index (χ4n) is 7.61. The molecule has 2 aromatic rings. The van der Waals surface area contributed by atoms with E-state index in [-0.39, 0.29) is 37.4 Å². The minimum absolute atomic E-state index is 0. The Hall–Kier alpha value is -0.447. The van der Waals surface area contributed by atoms with Crippen molar-refractivity contribution < 1.29 is 19.5 Å². The molecule has 0 N–H and O–H groups in total. The minimum atomic E-state index is -0.361. The Kier molecular flexibility index (Phi) is 9.40. The Morgan fingerprint density at radius 2 is 1.30 bits per heavy atom. The molecular weight excluding hydrogens is 599 g/mol. The molecule has 4 aliphatic rings. The van der Waals surface area contributed by atoms with Crippen molar-refractivity contribution in [3.63, 3.8) is 0 Å². The van der Waals surface area contributed by atoms with Gasteiger partial charge >= 0.3 is 19.5 Å². The average Bonchev–Trinajstić information content (AvgIpc) is 3.30. The van der Waals surface area contributed by atoms with Crippen molar-refractivity contribution in [2.75, 3.05) is 0 Å². The predicted octanol–water partition coefficient (Wildman–Crippen LogP) is 10.9. The largest absolute Gasteiger partial charge is 2.00 e. The minimum Gasteiger partial charge on any atom is -0.118 e. The maximum absolute atomic E-state index is 8.23. The zero-order valence-electron chi connectivity index (χ0n) is 21.8. The van der Waals surface area contributed by atoms with Gasteiger partial charge in [-0.05, 0) is 95.7 Å². The van der Waals surface area contributed by atoms with E-state index >= 15 is 0 Å². The van der Waals surface area contributed by atoms with Crippen LogP contribution in [0, 0.1) is 0 Å². The summed E-state index contributed by atoms with van der Waals surface area (Å²) in [5, 5.41) is 0.0155. The Morgan fingerprint density at radius 1 is 0.703 bits per heavy atom. The Morgan fingerprint density at radius 3 is 1.95 bits per heavy atom. The molecular formula is C33H39Cl2PRu+2. The van der Waals surface area contributed by atoms with Crippen molar-refractivity contribution in [3.8, 4) is 0 Å². The van der Waals surface area contributed by atoms with E-state index in [1.54, 1.807) is 0 Å². The molecule has 2 atom stereocenters. The van der Waals surface area contributed by atoms with Crippen molar-refractivity contribution in [2.45, 2.75) is 105 Å². The number of fused-ring (bicyclic) bond motifs is 1. The smallest absolute Gasteiger partial charge is 0.118 e. The molecule has 2 unspecified atom stereocenters. The van der Waals surface area contributed by atoms with Crippen LogP contribution in [0.5, 0.6) is 0 Å². The number of alkyl halides is 2. The van der Waals surface area contributed by atoms with Crippen LogP contribution in [0.25, 0.3) is 17.2 Å². The molecule has 3 fully saturated rings. The maximum atomic E-state index is 8.23. The van der Waals surface area contributed by atoms with Gasteiger partial charge in [-0.15, -0.1) is 23.2 Å². The summed E-state index contributed by atoms with van der Waals surface area (Å²) in [7, 11) is -0.361. The van der Waals surface area contributed by atoms with Gasteiger partial charge in [0.2, 0.25) is 0 Å². The van der Waals surface area contributed by atoms with Crippen molar-refractivity contribution in [1.82, 2.24) is 0 Å². The summed E-state index contributed by atoms with van der Waals surface area (Å²) in [6, 6.07) is 19.9. The van der Waals surface area contributed by atoms with Crippen LogP contribution in [-0.4, -0.2) is 21.3 Å². The van der Waals surface area contributed by atoms with E-state index in [0.29, 0.717) is 0 Å². The van der Waals surface area contributed by atoms with E-state index in [9.17, 15) is 0 Å². The third kappa shape index (κ3) is 5.47.